The number of ether oxygens (including phenoxy) is 1. The third-order valence-electron chi connectivity index (χ3n) is 6.57. The van der Waals surface area contributed by atoms with Crippen LogP contribution in [0.25, 0.3) is 6.08 Å². The largest absolute Gasteiger partial charge is 0.496 e. The number of piperidine rings is 1. The van der Waals surface area contributed by atoms with Gasteiger partial charge in [-0.25, -0.2) is 0 Å². The molecule has 4 rings (SSSR count). The number of benzene rings is 2. The molecular formula is C26H27N3O6S2. The number of nitrogens with zero attached hydrogens (tertiary/aromatic N) is 3. The van der Waals surface area contributed by atoms with Gasteiger partial charge >= 0.3 is 5.97 Å². The molecule has 2 aliphatic heterocycles. The molecule has 11 heteroatoms. The van der Waals surface area contributed by atoms with Gasteiger partial charge in [0.25, 0.3) is 11.6 Å². The smallest absolute Gasteiger partial charge is 0.303 e. The number of non-ortho nitro benzene ring substituents is 1. The molecule has 9 nitrogen and oxygen atoms in total. The Morgan fingerprint density at radius 1 is 1.27 bits per heavy atom. The maximum Gasteiger partial charge on any atom is 0.303 e. The van der Waals surface area contributed by atoms with Crippen LogP contribution in [-0.4, -0.2) is 57.9 Å². The van der Waals surface area contributed by atoms with Crippen molar-refractivity contribution in [2.75, 3.05) is 31.6 Å². The number of aliphatic carboxylic acids is 1. The van der Waals surface area contributed by atoms with Gasteiger partial charge in [-0.1, -0.05) is 42.2 Å². The number of hydrogen-bond donors (Lipinski definition) is 1. The summed E-state index contributed by atoms with van der Waals surface area (Å²) in [5, 5.41) is 20.4. The molecule has 1 N–H and O–H groups in total. The number of thioether (sulfide) groups is 1. The van der Waals surface area contributed by atoms with Crippen molar-refractivity contribution in [3.8, 4) is 5.75 Å². The summed E-state index contributed by atoms with van der Waals surface area (Å²) in [6.45, 7) is 1.71. The monoisotopic (exact) mass is 541 g/mol. The molecule has 0 aromatic heterocycles. The van der Waals surface area contributed by atoms with Crippen molar-refractivity contribution in [1.29, 1.82) is 0 Å². The summed E-state index contributed by atoms with van der Waals surface area (Å²) < 4.78 is 5.89. The zero-order valence-corrected chi connectivity index (χ0v) is 21.9. The predicted molar refractivity (Wildman–Crippen MR) is 147 cm³/mol. The van der Waals surface area contributed by atoms with Crippen molar-refractivity contribution in [2.45, 2.75) is 31.6 Å². The van der Waals surface area contributed by atoms with Crippen LogP contribution in [0.5, 0.6) is 5.75 Å². The molecule has 0 bridgehead atoms. The Morgan fingerprint density at radius 3 is 2.68 bits per heavy atom. The molecule has 2 aromatic rings. The fourth-order valence-electron chi connectivity index (χ4n) is 4.72. The maximum absolute atomic E-state index is 13.0. The van der Waals surface area contributed by atoms with E-state index >= 15 is 0 Å². The van der Waals surface area contributed by atoms with Crippen LogP contribution in [0.4, 0.5) is 11.4 Å². The van der Waals surface area contributed by atoms with Gasteiger partial charge in [0.05, 0.1) is 16.9 Å². The lowest BCUT2D eigenvalue weighted by atomic mass is 9.88. The van der Waals surface area contributed by atoms with E-state index < -0.39 is 10.9 Å². The Morgan fingerprint density at radius 2 is 2.00 bits per heavy atom. The molecule has 0 saturated carbocycles. The first-order valence-electron chi connectivity index (χ1n) is 11.9. The zero-order chi connectivity index (χ0) is 26.5. The van der Waals surface area contributed by atoms with Crippen molar-refractivity contribution in [3.05, 3.63) is 68.6 Å². The molecular weight excluding hydrogens is 514 g/mol. The SMILES string of the molecule is COc1ccccc1C1CCN(c2ccc([N+](=O)[O-])cc2/C=C2\SC(=S)N(CCCC(=O)O)C2=O)CC1. The fraction of sp³-hybridized carbons (Fsp3) is 0.346. The van der Waals surface area contributed by atoms with Crippen LogP contribution in [0.2, 0.25) is 0 Å². The minimum atomic E-state index is -0.934. The van der Waals surface area contributed by atoms with E-state index in [1.807, 2.05) is 18.2 Å². The van der Waals surface area contributed by atoms with Crippen LogP contribution >= 0.6 is 24.0 Å². The van der Waals surface area contributed by atoms with Crippen LogP contribution in [0.3, 0.4) is 0 Å². The molecule has 1 amide bonds. The number of nitro benzene ring substituents is 1. The molecule has 194 valence electrons. The highest BCUT2D eigenvalue weighted by Crippen LogP contribution is 2.39. The van der Waals surface area contributed by atoms with Gasteiger partial charge in [0, 0.05) is 49.4 Å². The van der Waals surface area contributed by atoms with Crippen LogP contribution in [0.15, 0.2) is 47.4 Å². The number of carbonyl (C=O) groups is 2. The standard InChI is InChI=1S/C26H27N3O6S2/c1-35-22-6-3-2-5-20(22)17-10-13-27(14-11-17)21-9-8-19(29(33)34)15-18(21)16-23-25(32)28(26(36)37-23)12-4-7-24(30)31/h2-3,5-6,8-9,15-17H,4,7,10-14H2,1H3,(H,30,31)/b23-16-. The first-order chi connectivity index (χ1) is 17.8. The Balaban J connectivity index is 1.56. The molecule has 37 heavy (non-hydrogen) atoms. The molecule has 2 aromatic carbocycles. The van der Waals surface area contributed by atoms with Gasteiger partial charge in [0.2, 0.25) is 0 Å². The summed E-state index contributed by atoms with van der Waals surface area (Å²) in [5.74, 6) is -0.0252. The minimum absolute atomic E-state index is 0.0594. The van der Waals surface area contributed by atoms with Gasteiger partial charge in [0.15, 0.2) is 0 Å². The number of methoxy groups -OCH3 is 1. The number of nitro groups is 1. The lowest BCUT2D eigenvalue weighted by molar-refractivity contribution is -0.384. The Kier molecular flexibility index (Phi) is 8.45. The molecule has 0 spiro atoms. The molecule has 0 atom stereocenters. The lowest BCUT2D eigenvalue weighted by Crippen LogP contribution is -2.33. The number of amides is 1. The average molecular weight is 542 g/mol. The highest BCUT2D eigenvalue weighted by Gasteiger charge is 2.32. The van der Waals surface area contributed by atoms with E-state index in [0.29, 0.717) is 20.7 Å². The Hall–Kier alpha value is -3.44. The van der Waals surface area contributed by atoms with Crippen LogP contribution in [-0.2, 0) is 9.59 Å². The van der Waals surface area contributed by atoms with Crippen LogP contribution in [0, 0.1) is 10.1 Å². The van der Waals surface area contributed by atoms with E-state index in [2.05, 4.69) is 11.0 Å². The van der Waals surface area contributed by atoms with Gasteiger partial charge in [-0.05, 0) is 49.0 Å². The minimum Gasteiger partial charge on any atom is -0.496 e. The molecule has 2 heterocycles. The van der Waals surface area contributed by atoms with Crippen LogP contribution in [0.1, 0.15) is 42.7 Å². The van der Waals surface area contributed by atoms with Crippen molar-refractivity contribution >= 4 is 57.6 Å². The fourth-order valence-corrected chi connectivity index (χ4v) is 6.02. The first-order valence-corrected chi connectivity index (χ1v) is 13.1. The number of anilines is 1. The van der Waals surface area contributed by atoms with E-state index in [4.69, 9.17) is 22.1 Å². The topological polar surface area (TPSA) is 113 Å². The van der Waals surface area contributed by atoms with Gasteiger partial charge in [-0.15, -0.1) is 0 Å². The lowest BCUT2D eigenvalue weighted by Gasteiger charge is -2.35. The molecule has 0 aliphatic carbocycles. The summed E-state index contributed by atoms with van der Waals surface area (Å²) in [6, 6.07) is 12.7. The number of thiocarbonyl (C=S) groups is 1. The number of carbonyl (C=O) groups excluding carboxylic acids is 1. The van der Waals surface area contributed by atoms with Crippen molar-refractivity contribution in [3.63, 3.8) is 0 Å². The third-order valence-corrected chi connectivity index (χ3v) is 7.95. The second-order valence-corrected chi connectivity index (χ2v) is 10.5. The summed E-state index contributed by atoms with van der Waals surface area (Å²) in [6.07, 6.45) is 3.67. The quantitative estimate of drug-likeness (QED) is 0.202. The van der Waals surface area contributed by atoms with Crippen molar-refractivity contribution < 1.29 is 24.4 Å². The number of carboxylic acid groups (broad SMARTS) is 1. The predicted octanol–water partition coefficient (Wildman–Crippen LogP) is 5.05. The number of rotatable bonds is 9. The van der Waals surface area contributed by atoms with Gasteiger partial charge in [-0.2, -0.15) is 0 Å². The van der Waals surface area contributed by atoms with E-state index in [0.717, 1.165) is 49.1 Å². The first kappa shape index (κ1) is 26.6. The second kappa shape index (κ2) is 11.7. The van der Waals surface area contributed by atoms with E-state index in [1.165, 1.54) is 22.6 Å². The third kappa shape index (κ3) is 6.11. The Labute approximate surface area is 224 Å². The van der Waals surface area contributed by atoms with Crippen LogP contribution < -0.4 is 9.64 Å². The van der Waals surface area contributed by atoms with E-state index in [9.17, 15) is 19.7 Å². The molecule has 2 aliphatic rings. The van der Waals surface area contributed by atoms with Crippen molar-refractivity contribution in [2.24, 2.45) is 0 Å². The van der Waals surface area contributed by atoms with Gasteiger partial charge < -0.3 is 14.7 Å². The van der Waals surface area contributed by atoms with E-state index in [1.54, 1.807) is 19.3 Å². The summed E-state index contributed by atoms with van der Waals surface area (Å²) in [4.78, 5) is 38.8. The molecule has 0 unspecified atom stereocenters. The maximum atomic E-state index is 13.0. The van der Waals surface area contributed by atoms with E-state index in [-0.39, 0.29) is 31.0 Å². The molecule has 0 radical (unpaired) electrons. The zero-order valence-electron chi connectivity index (χ0n) is 20.3. The van der Waals surface area contributed by atoms with Gasteiger partial charge in [0.1, 0.15) is 10.1 Å². The normalized spacial score (nSPS) is 17.5. The summed E-state index contributed by atoms with van der Waals surface area (Å²) >= 11 is 6.47. The molecule has 2 saturated heterocycles. The average Bonchev–Trinajstić information content (AvgIpc) is 3.15. The van der Waals surface area contributed by atoms with Crippen molar-refractivity contribution in [1.82, 2.24) is 4.90 Å². The molecule has 2 fully saturated rings. The van der Waals surface area contributed by atoms with Gasteiger partial charge in [-0.3, -0.25) is 24.6 Å². The number of para-hydroxylation sites is 1. The number of carboxylic acids is 1. The second-order valence-electron chi connectivity index (χ2n) is 8.83. The highest BCUT2D eigenvalue weighted by molar-refractivity contribution is 8.26. The number of hydrogen-bond acceptors (Lipinski definition) is 8. The highest BCUT2D eigenvalue weighted by atomic mass is 32.2. The summed E-state index contributed by atoms with van der Waals surface area (Å²) in [7, 11) is 1.67. The summed E-state index contributed by atoms with van der Waals surface area (Å²) in [5.41, 5.74) is 2.52. The Bertz CT molecular complexity index is 1260.